The molecule has 2 rings (SSSR count). The van der Waals surface area contributed by atoms with Gasteiger partial charge >= 0.3 is 5.97 Å². The first-order valence-electron chi connectivity index (χ1n) is 4.45. The molecule has 1 heterocycles. The molecular weight excluding hydrogens is 212 g/mol. The van der Waals surface area contributed by atoms with Crippen LogP contribution in [0.5, 0.6) is 0 Å². The fourth-order valence-corrected chi connectivity index (χ4v) is 2.16. The molecule has 0 saturated carbocycles. The summed E-state index contributed by atoms with van der Waals surface area (Å²) in [4.78, 5) is 10.8. The third kappa shape index (κ3) is 1.62. The van der Waals surface area contributed by atoms with Crippen LogP contribution in [-0.4, -0.2) is 16.2 Å². The molecule has 0 aliphatic carbocycles. The van der Waals surface area contributed by atoms with Crippen LogP contribution in [0.4, 0.5) is 0 Å². The van der Waals surface area contributed by atoms with Crippen LogP contribution in [0, 0.1) is 0 Å². The molecule has 1 aromatic carbocycles. The Bertz CT molecular complexity index is 513. The van der Waals surface area contributed by atoms with Crippen LogP contribution in [0.1, 0.15) is 12.5 Å². The van der Waals surface area contributed by atoms with Crippen molar-refractivity contribution in [1.82, 2.24) is 0 Å². The zero-order chi connectivity index (χ0) is 11.1. The molecule has 1 unspecified atom stereocenters. The normalized spacial score (nSPS) is 15.1. The fraction of sp³-hybridized carbons (Fsp3) is 0.182. The minimum atomic E-state index is -1.82. The number of fused-ring (bicyclic) bond motifs is 1. The molecule has 15 heavy (non-hydrogen) atoms. The molecule has 0 aliphatic heterocycles. The van der Waals surface area contributed by atoms with E-state index in [4.69, 9.17) is 5.11 Å². The number of rotatable bonds is 2. The smallest absolute Gasteiger partial charge is 0.340 e. The van der Waals surface area contributed by atoms with Crippen LogP contribution in [0.3, 0.4) is 0 Å². The van der Waals surface area contributed by atoms with E-state index in [2.05, 4.69) is 0 Å². The number of aliphatic hydroxyl groups is 1. The van der Waals surface area contributed by atoms with Gasteiger partial charge < -0.3 is 10.2 Å². The summed E-state index contributed by atoms with van der Waals surface area (Å²) >= 11 is 1.59. The first kappa shape index (κ1) is 10.1. The minimum absolute atomic E-state index is 0.404. The molecule has 4 heteroatoms. The van der Waals surface area contributed by atoms with E-state index in [0.717, 1.165) is 10.1 Å². The third-order valence-corrected chi connectivity index (χ3v) is 3.33. The van der Waals surface area contributed by atoms with Crippen molar-refractivity contribution in [2.75, 3.05) is 0 Å². The Hall–Kier alpha value is -1.39. The number of benzene rings is 1. The average molecular weight is 222 g/mol. The van der Waals surface area contributed by atoms with E-state index in [-0.39, 0.29) is 0 Å². The molecule has 0 bridgehead atoms. The lowest BCUT2D eigenvalue weighted by Gasteiger charge is -2.18. The van der Waals surface area contributed by atoms with Gasteiger partial charge in [0, 0.05) is 4.70 Å². The summed E-state index contributed by atoms with van der Waals surface area (Å²) in [5, 5.41) is 21.5. The fourth-order valence-electron chi connectivity index (χ4n) is 1.39. The summed E-state index contributed by atoms with van der Waals surface area (Å²) in [6.45, 7) is 1.28. The summed E-state index contributed by atoms with van der Waals surface area (Å²) < 4.78 is 1.08. The molecule has 2 N–H and O–H groups in total. The lowest BCUT2D eigenvalue weighted by molar-refractivity contribution is -0.157. The van der Waals surface area contributed by atoms with Gasteiger partial charge in [0.05, 0.1) is 0 Å². The van der Waals surface area contributed by atoms with Crippen molar-refractivity contribution >= 4 is 27.4 Å². The van der Waals surface area contributed by atoms with Crippen LogP contribution in [0.25, 0.3) is 10.1 Å². The molecule has 2 aromatic rings. The molecule has 0 fully saturated rings. The van der Waals surface area contributed by atoms with E-state index < -0.39 is 11.6 Å². The van der Waals surface area contributed by atoms with Crippen molar-refractivity contribution in [3.05, 3.63) is 35.2 Å². The van der Waals surface area contributed by atoms with E-state index in [1.54, 1.807) is 23.5 Å². The second-order valence-corrected chi connectivity index (χ2v) is 4.50. The molecule has 78 valence electrons. The number of thiophene rings is 1. The van der Waals surface area contributed by atoms with Crippen molar-refractivity contribution in [2.45, 2.75) is 12.5 Å². The quantitative estimate of drug-likeness (QED) is 0.818. The number of carboxylic acid groups (broad SMARTS) is 1. The van der Waals surface area contributed by atoms with Gasteiger partial charge in [0.1, 0.15) is 0 Å². The summed E-state index contributed by atoms with van der Waals surface area (Å²) in [5.74, 6) is -1.24. The largest absolute Gasteiger partial charge is 0.479 e. The van der Waals surface area contributed by atoms with Crippen LogP contribution in [-0.2, 0) is 10.4 Å². The Morgan fingerprint density at radius 2 is 2.13 bits per heavy atom. The van der Waals surface area contributed by atoms with E-state index >= 15 is 0 Å². The number of aliphatic carboxylic acids is 1. The molecular formula is C11H10O3S. The number of carboxylic acids is 1. The predicted molar refractivity (Wildman–Crippen MR) is 59.0 cm³/mol. The van der Waals surface area contributed by atoms with Crippen molar-refractivity contribution in [3.63, 3.8) is 0 Å². The van der Waals surface area contributed by atoms with Crippen LogP contribution in [0.2, 0.25) is 0 Å². The molecule has 1 aromatic heterocycles. The van der Waals surface area contributed by atoms with Crippen LogP contribution >= 0.6 is 11.3 Å². The minimum Gasteiger partial charge on any atom is -0.479 e. The summed E-state index contributed by atoms with van der Waals surface area (Å²) in [6, 6.07) is 7.08. The molecule has 0 aliphatic rings. The zero-order valence-corrected chi connectivity index (χ0v) is 8.91. The van der Waals surface area contributed by atoms with Crippen molar-refractivity contribution in [1.29, 1.82) is 0 Å². The molecule has 1 atom stereocenters. The molecule has 0 amide bonds. The Balaban J connectivity index is 2.57. The predicted octanol–water partition coefficient (Wildman–Crippen LogP) is 2.19. The second-order valence-electron chi connectivity index (χ2n) is 3.55. The van der Waals surface area contributed by atoms with E-state index in [9.17, 15) is 9.90 Å². The van der Waals surface area contributed by atoms with Crippen molar-refractivity contribution in [2.24, 2.45) is 0 Å². The molecule has 0 radical (unpaired) electrons. The lowest BCUT2D eigenvalue weighted by Crippen LogP contribution is -2.31. The second kappa shape index (κ2) is 3.32. The summed E-state index contributed by atoms with van der Waals surface area (Å²) in [5.41, 5.74) is -1.42. The highest BCUT2D eigenvalue weighted by Gasteiger charge is 2.32. The zero-order valence-electron chi connectivity index (χ0n) is 8.10. The maximum Gasteiger partial charge on any atom is 0.340 e. The van der Waals surface area contributed by atoms with Crippen molar-refractivity contribution < 1.29 is 15.0 Å². The van der Waals surface area contributed by atoms with Crippen LogP contribution in [0.15, 0.2) is 29.6 Å². The topological polar surface area (TPSA) is 57.5 Å². The lowest BCUT2D eigenvalue weighted by atomic mass is 9.95. The molecule has 0 saturated heterocycles. The monoisotopic (exact) mass is 222 g/mol. The highest BCUT2D eigenvalue weighted by atomic mass is 32.1. The highest BCUT2D eigenvalue weighted by Crippen LogP contribution is 2.27. The highest BCUT2D eigenvalue weighted by molar-refractivity contribution is 7.17. The van der Waals surface area contributed by atoms with Gasteiger partial charge in [-0.2, -0.15) is 0 Å². The summed E-state index contributed by atoms with van der Waals surface area (Å²) in [6.07, 6.45) is 0. The number of carbonyl (C=O) groups is 1. The molecule has 0 spiro atoms. The van der Waals surface area contributed by atoms with Crippen LogP contribution < -0.4 is 0 Å². The first-order chi connectivity index (χ1) is 7.01. The Kier molecular flexibility index (Phi) is 2.25. The van der Waals surface area contributed by atoms with Gasteiger partial charge in [0.2, 0.25) is 0 Å². The van der Waals surface area contributed by atoms with Gasteiger partial charge in [-0.1, -0.05) is 6.07 Å². The van der Waals surface area contributed by atoms with Gasteiger partial charge in [0.15, 0.2) is 5.60 Å². The standard InChI is InChI=1S/C11H10O3S/c1-11(14,10(12)13)8-2-3-9-7(6-8)4-5-15-9/h2-6,14H,1H3,(H,12,13). The average Bonchev–Trinajstić information content (AvgIpc) is 2.63. The Morgan fingerprint density at radius 1 is 1.40 bits per heavy atom. The van der Waals surface area contributed by atoms with Gasteiger partial charge in [-0.05, 0) is 41.5 Å². The van der Waals surface area contributed by atoms with E-state index in [0.29, 0.717) is 5.56 Å². The SMILES string of the molecule is CC(O)(C(=O)O)c1ccc2sccc2c1. The van der Waals surface area contributed by atoms with E-state index in [1.165, 1.54) is 6.92 Å². The Morgan fingerprint density at radius 3 is 2.80 bits per heavy atom. The van der Waals surface area contributed by atoms with Crippen molar-refractivity contribution in [3.8, 4) is 0 Å². The van der Waals surface area contributed by atoms with Gasteiger partial charge in [0.25, 0.3) is 0 Å². The third-order valence-electron chi connectivity index (χ3n) is 2.43. The van der Waals surface area contributed by atoms with E-state index in [1.807, 2.05) is 17.5 Å². The number of hydrogen-bond acceptors (Lipinski definition) is 3. The van der Waals surface area contributed by atoms with Gasteiger partial charge in [-0.3, -0.25) is 0 Å². The molecule has 3 nitrogen and oxygen atoms in total. The van der Waals surface area contributed by atoms with Gasteiger partial charge in [-0.25, -0.2) is 4.79 Å². The first-order valence-corrected chi connectivity index (χ1v) is 5.33. The maximum atomic E-state index is 10.8. The number of hydrogen-bond donors (Lipinski definition) is 2. The van der Waals surface area contributed by atoms with Gasteiger partial charge in [-0.15, -0.1) is 11.3 Å². The maximum absolute atomic E-state index is 10.8. The summed E-state index contributed by atoms with van der Waals surface area (Å²) in [7, 11) is 0. The Labute approximate surface area is 90.6 Å².